The van der Waals surface area contributed by atoms with E-state index in [4.69, 9.17) is 4.74 Å². The third-order valence-electron chi connectivity index (χ3n) is 3.39. The lowest BCUT2D eigenvalue weighted by molar-refractivity contribution is -0.384. The molecule has 0 saturated carbocycles. The molecule has 0 fully saturated rings. The molecule has 0 aliphatic heterocycles. The Morgan fingerprint density at radius 1 is 1.27 bits per heavy atom. The minimum Gasteiger partial charge on any atom is -0.482 e. The molecule has 26 heavy (non-hydrogen) atoms. The number of aryl methyl sites for hydroxylation is 1. The van der Waals surface area contributed by atoms with Gasteiger partial charge in [-0.25, -0.2) is 5.43 Å². The van der Waals surface area contributed by atoms with E-state index in [-0.39, 0.29) is 12.3 Å². The summed E-state index contributed by atoms with van der Waals surface area (Å²) in [4.78, 5) is 22.1. The zero-order chi connectivity index (χ0) is 19.3. The zero-order valence-electron chi connectivity index (χ0n) is 14.0. The lowest BCUT2D eigenvalue weighted by atomic mass is 10.1. The van der Waals surface area contributed by atoms with Crippen LogP contribution in [0.25, 0.3) is 0 Å². The molecular formula is C17H15Br2N3O4. The molecule has 0 aliphatic carbocycles. The third-order valence-corrected chi connectivity index (χ3v) is 4.43. The molecule has 0 saturated heterocycles. The molecule has 1 N–H and O–H groups in total. The van der Waals surface area contributed by atoms with Gasteiger partial charge in [-0.2, -0.15) is 5.10 Å². The molecule has 0 unspecified atom stereocenters. The Bertz CT molecular complexity index is 844. The summed E-state index contributed by atoms with van der Waals surface area (Å²) in [5.74, 6) is 0.167. The average Bonchev–Trinajstić information content (AvgIpc) is 2.58. The normalized spacial score (nSPS) is 11.2. The van der Waals surface area contributed by atoms with Crippen LogP contribution in [-0.2, 0) is 4.79 Å². The average molecular weight is 485 g/mol. The molecule has 0 aliphatic rings. The van der Waals surface area contributed by atoms with Crippen molar-refractivity contribution in [2.75, 3.05) is 6.61 Å². The summed E-state index contributed by atoms with van der Waals surface area (Å²) in [7, 11) is 0. The molecule has 136 valence electrons. The van der Waals surface area contributed by atoms with Gasteiger partial charge in [0.05, 0.1) is 15.1 Å². The van der Waals surface area contributed by atoms with Crippen LogP contribution in [0.1, 0.15) is 18.1 Å². The summed E-state index contributed by atoms with van der Waals surface area (Å²) >= 11 is 6.78. The summed E-state index contributed by atoms with van der Waals surface area (Å²) in [5.41, 5.74) is 4.47. The number of halogens is 2. The fourth-order valence-electron chi connectivity index (χ4n) is 2.08. The van der Waals surface area contributed by atoms with Crippen LogP contribution in [0.3, 0.4) is 0 Å². The Hall–Kier alpha value is -2.26. The number of hydrazone groups is 1. The number of carbonyl (C=O) groups is 1. The van der Waals surface area contributed by atoms with Crippen molar-refractivity contribution < 1.29 is 14.5 Å². The number of hydrogen-bond acceptors (Lipinski definition) is 5. The topological polar surface area (TPSA) is 93.8 Å². The van der Waals surface area contributed by atoms with E-state index in [0.717, 1.165) is 14.5 Å². The molecule has 9 heteroatoms. The van der Waals surface area contributed by atoms with E-state index in [0.29, 0.717) is 17.0 Å². The second kappa shape index (κ2) is 8.91. The van der Waals surface area contributed by atoms with Gasteiger partial charge in [-0.15, -0.1) is 0 Å². The number of amides is 1. The highest BCUT2D eigenvalue weighted by Gasteiger charge is 2.10. The Kier molecular flexibility index (Phi) is 6.87. The van der Waals surface area contributed by atoms with E-state index in [1.54, 1.807) is 19.1 Å². The lowest BCUT2D eigenvalue weighted by Crippen LogP contribution is -2.25. The standard InChI is InChI=1S/C17H15Br2N3O4/c1-10-7-13(18)8-15(19)17(10)26-9-16(23)21-20-11(2)12-3-5-14(6-4-12)22(24)25/h3-8H,9H2,1-2H3,(H,21,23). The minimum absolute atomic E-state index is 0.00516. The minimum atomic E-state index is -0.475. The number of nitro groups is 1. The molecule has 0 heterocycles. The van der Waals surface area contributed by atoms with Crippen molar-refractivity contribution in [1.82, 2.24) is 5.43 Å². The van der Waals surface area contributed by atoms with Gasteiger partial charge in [0.2, 0.25) is 0 Å². The Morgan fingerprint density at radius 3 is 2.50 bits per heavy atom. The molecule has 2 rings (SSSR count). The molecule has 0 radical (unpaired) electrons. The van der Waals surface area contributed by atoms with Crippen LogP contribution in [0.15, 0.2) is 50.4 Å². The van der Waals surface area contributed by atoms with E-state index in [1.807, 2.05) is 19.1 Å². The van der Waals surface area contributed by atoms with E-state index in [1.165, 1.54) is 12.1 Å². The van der Waals surface area contributed by atoms with Crippen LogP contribution < -0.4 is 10.2 Å². The van der Waals surface area contributed by atoms with Gasteiger partial charge in [-0.1, -0.05) is 15.9 Å². The van der Waals surface area contributed by atoms with Crippen molar-refractivity contribution in [3.05, 3.63) is 66.6 Å². The highest BCUT2D eigenvalue weighted by atomic mass is 79.9. The summed E-state index contributed by atoms with van der Waals surface area (Å²) in [5, 5.41) is 14.6. The van der Waals surface area contributed by atoms with Gasteiger partial charge >= 0.3 is 0 Å². The Morgan fingerprint density at radius 2 is 1.92 bits per heavy atom. The molecule has 0 atom stereocenters. The van der Waals surface area contributed by atoms with Gasteiger partial charge in [0.25, 0.3) is 11.6 Å². The number of nitro benzene ring substituents is 1. The first-order valence-electron chi connectivity index (χ1n) is 7.44. The predicted octanol–water partition coefficient (Wildman–Crippen LogP) is 4.35. The number of ether oxygens (including phenoxy) is 1. The number of carbonyl (C=O) groups excluding carboxylic acids is 1. The molecule has 0 aromatic heterocycles. The van der Waals surface area contributed by atoms with Crippen molar-refractivity contribution in [2.45, 2.75) is 13.8 Å². The summed E-state index contributed by atoms with van der Waals surface area (Å²) in [6, 6.07) is 9.62. The van der Waals surface area contributed by atoms with Crippen LogP contribution >= 0.6 is 31.9 Å². The number of hydrogen-bond donors (Lipinski definition) is 1. The van der Waals surface area contributed by atoms with Gasteiger partial charge in [-0.3, -0.25) is 14.9 Å². The number of rotatable bonds is 6. The third kappa shape index (κ3) is 5.37. The van der Waals surface area contributed by atoms with Crippen LogP contribution in [0, 0.1) is 17.0 Å². The van der Waals surface area contributed by atoms with E-state index >= 15 is 0 Å². The van der Waals surface area contributed by atoms with Crippen molar-refractivity contribution in [2.24, 2.45) is 5.10 Å². The maximum absolute atomic E-state index is 11.9. The highest BCUT2D eigenvalue weighted by Crippen LogP contribution is 2.32. The van der Waals surface area contributed by atoms with Gasteiger partial charge in [0.15, 0.2) is 6.61 Å². The molecule has 0 spiro atoms. The molecule has 2 aromatic rings. The molecule has 0 bridgehead atoms. The summed E-state index contributed by atoms with van der Waals surface area (Å²) in [6.07, 6.45) is 0. The maximum Gasteiger partial charge on any atom is 0.277 e. The first-order valence-corrected chi connectivity index (χ1v) is 9.03. The lowest BCUT2D eigenvalue weighted by Gasteiger charge is -2.11. The van der Waals surface area contributed by atoms with Crippen molar-refractivity contribution in [3.8, 4) is 5.75 Å². The summed E-state index contributed by atoms with van der Waals surface area (Å²) < 4.78 is 7.18. The smallest absolute Gasteiger partial charge is 0.277 e. The summed E-state index contributed by atoms with van der Waals surface area (Å²) in [6.45, 7) is 3.37. The Balaban J connectivity index is 1.95. The molecule has 1 amide bonds. The second-order valence-electron chi connectivity index (χ2n) is 5.36. The number of benzene rings is 2. The first kappa shape index (κ1) is 20.1. The maximum atomic E-state index is 11.9. The molecular weight excluding hydrogens is 470 g/mol. The van der Waals surface area contributed by atoms with E-state index in [2.05, 4.69) is 42.4 Å². The molecule has 2 aromatic carbocycles. The van der Waals surface area contributed by atoms with Crippen molar-refractivity contribution in [3.63, 3.8) is 0 Å². The van der Waals surface area contributed by atoms with Crippen LogP contribution in [0.4, 0.5) is 5.69 Å². The monoisotopic (exact) mass is 483 g/mol. The quantitative estimate of drug-likeness (QED) is 0.374. The van der Waals surface area contributed by atoms with Gasteiger partial charge in [0.1, 0.15) is 5.75 Å². The van der Waals surface area contributed by atoms with Gasteiger partial charge in [0, 0.05) is 16.6 Å². The fraction of sp³-hybridized carbons (Fsp3) is 0.176. The van der Waals surface area contributed by atoms with Gasteiger partial charge in [-0.05, 0) is 65.2 Å². The van der Waals surface area contributed by atoms with Crippen molar-refractivity contribution in [1.29, 1.82) is 0 Å². The van der Waals surface area contributed by atoms with Gasteiger partial charge < -0.3 is 4.74 Å². The predicted molar refractivity (Wildman–Crippen MR) is 106 cm³/mol. The van der Waals surface area contributed by atoms with Crippen LogP contribution in [0.2, 0.25) is 0 Å². The Labute approximate surface area is 166 Å². The van der Waals surface area contributed by atoms with E-state index < -0.39 is 10.8 Å². The van der Waals surface area contributed by atoms with E-state index in [9.17, 15) is 14.9 Å². The molecule has 7 nitrogen and oxygen atoms in total. The SMILES string of the molecule is CC(=NNC(=O)COc1c(C)cc(Br)cc1Br)c1ccc([N+](=O)[O-])cc1. The van der Waals surface area contributed by atoms with Crippen molar-refractivity contribution >= 4 is 49.2 Å². The number of non-ortho nitro benzene ring substituents is 1. The second-order valence-corrected chi connectivity index (χ2v) is 7.13. The first-order chi connectivity index (χ1) is 12.3. The van der Waals surface area contributed by atoms with Crippen LogP contribution in [0.5, 0.6) is 5.75 Å². The zero-order valence-corrected chi connectivity index (χ0v) is 17.1. The number of nitrogens with one attached hydrogen (secondary N) is 1. The largest absolute Gasteiger partial charge is 0.482 e. The highest BCUT2D eigenvalue weighted by molar-refractivity contribution is 9.11. The fourth-order valence-corrected chi connectivity index (χ4v) is 3.63. The number of nitrogens with zero attached hydrogens (tertiary/aromatic N) is 2. The van der Waals surface area contributed by atoms with Crippen LogP contribution in [-0.4, -0.2) is 23.1 Å².